The number of para-hydroxylation sites is 1. The molecule has 0 fully saturated rings. The van der Waals surface area contributed by atoms with Gasteiger partial charge in [0.05, 0.1) is 6.61 Å². The lowest BCUT2D eigenvalue weighted by molar-refractivity contribution is -0.151. The van der Waals surface area contributed by atoms with Crippen LogP contribution in [-0.4, -0.2) is 30.7 Å². The minimum atomic E-state index is -1.46. The molecule has 0 bridgehead atoms. The second-order valence-electron chi connectivity index (χ2n) is 4.78. The Morgan fingerprint density at radius 3 is 2.53 bits per heavy atom. The number of aliphatic carboxylic acids is 1. The molecule has 0 saturated carbocycles. The first-order valence-corrected chi connectivity index (χ1v) is 6.01. The Morgan fingerprint density at radius 2 is 1.95 bits per heavy atom. The zero-order chi connectivity index (χ0) is 14.5. The summed E-state index contributed by atoms with van der Waals surface area (Å²) < 4.78 is 5.00. The predicted molar refractivity (Wildman–Crippen MR) is 72.1 cm³/mol. The van der Waals surface area contributed by atoms with E-state index in [0.717, 1.165) is 5.56 Å². The van der Waals surface area contributed by atoms with Crippen LogP contribution in [0, 0.1) is 5.41 Å². The third-order valence-corrected chi connectivity index (χ3v) is 2.94. The maximum atomic E-state index is 12.0. The molecule has 0 spiro atoms. The van der Waals surface area contributed by atoms with Gasteiger partial charge in [-0.3, -0.25) is 9.59 Å². The molecule has 1 rings (SSSR count). The van der Waals surface area contributed by atoms with Crippen LogP contribution in [0.5, 0.6) is 0 Å². The average Bonchev–Trinajstić information content (AvgIpc) is 2.37. The monoisotopic (exact) mass is 265 g/mol. The molecule has 1 amide bonds. The van der Waals surface area contributed by atoms with Crippen LogP contribution in [0.25, 0.3) is 0 Å². The van der Waals surface area contributed by atoms with E-state index in [1.165, 1.54) is 13.8 Å². The molecular weight excluding hydrogens is 246 g/mol. The molecule has 0 heterocycles. The molecule has 0 radical (unpaired) electrons. The predicted octanol–water partition coefficient (Wildman–Crippen LogP) is 1.92. The van der Waals surface area contributed by atoms with Gasteiger partial charge >= 0.3 is 5.97 Å². The Hall–Kier alpha value is -1.88. The number of carboxylic acid groups (broad SMARTS) is 1. The first-order valence-electron chi connectivity index (χ1n) is 6.01. The maximum Gasteiger partial charge on any atom is 0.318 e. The van der Waals surface area contributed by atoms with Crippen molar-refractivity contribution in [3.05, 3.63) is 29.8 Å². The van der Waals surface area contributed by atoms with Crippen molar-refractivity contribution >= 4 is 17.6 Å². The molecule has 0 saturated heterocycles. The quantitative estimate of drug-likeness (QED) is 0.770. The number of ether oxygens (including phenoxy) is 1. The Kier molecular flexibility index (Phi) is 5.06. The van der Waals surface area contributed by atoms with Crippen molar-refractivity contribution in [1.29, 1.82) is 0 Å². The summed E-state index contributed by atoms with van der Waals surface area (Å²) in [7, 11) is 1.61. The molecule has 0 aliphatic rings. The summed E-state index contributed by atoms with van der Waals surface area (Å²) in [6.07, 6.45) is 0.653. The summed E-state index contributed by atoms with van der Waals surface area (Å²) >= 11 is 0. The molecule has 104 valence electrons. The number of hydrogen-bond donors (Lipinski definition) is 2. The van der Waals surface area contributed by atoms with Crippen LogP contribution in [0.3, 0.4) is 0 Å². The zero-order valence-corrected chi connectivity index (χ0v) is 11.4. The van der Waals surface area contributed by atoms with E-state index >= 15 is 0 Å². The first-order chi connectivity index (χ1) is 8.89. The summed E-state index contributed by atoms with van der Waals surface area (Å²) in [6, 6.07) is 7.28. The lowest BCUT2D eigenvalue weighted by Gasteiger charge is -2.19. The highest BCUT2D eigenvalue weighted by Crippen LogP contribution is 2.21. The van der Waals surface area contributed by atoms with Crippen LogP contribution >= 0.6 is 0 Å². The van der Waals surface area contributed by atoms with E-state index in [9.17, 15) is 9.59 Å². The van der Waals surface area contributed by atoms with Gasteiger partial charge in [0, 0.05) is 12.8 Å². The minimum absolute atomic E-state index is 0.537. The molecule has 0 aliphatic heterocycles. The number of amides is 1. The molecule has 5 heteroatoms. The zero-order valence-electron chi connectivity index (χ0n) is 11.4. The van der Waals surface area contributed by atoms with Gasteiger partial charge in [-0.2, -0.15) is 0 Å². The van der Waals surface area contributed by atoms with Crippen LogP contribution in [0.1, 0.15) is 19.4 Å². The van der Waals surface area contributed by atoms with Crippen molar-refractivity contribution in [3.8, 4) is 0 Å². The van der Waals surface area contributed by atoms with Gasteiger partial charge in [-0.1, -0.05) is 18.2 Å². The Morgan fingerprint density at radius 1 is 1.32 bits per heavy atom. The fourth-order valence-corrected chi connectivity index (χ4v) is 1.45. The third-order valence-electron chi connectivity index (χ3n) is 2.94. The fourth-order valence-electron chi connectivity index (χ4n) is 1.45. The van der Waals surface area contributed by atoms with Gasteiger partial charge in [-0.25, -0.2) is 0 Å². The normalized spacial score (nSPS) is 11.1. The SMILES string of the molecule is COCCc1ccccc1NC(=O)C(C)(C)C(=O)O. The Balaban J connectivity index is 2.87. The highest BCUT2D eigenvalue weighted by Gasteiger charge is 2.36. The van der Waals surface area contributed by atoms with Gasteiger partial charge in [-0.15, -0.1) is 0 Å². The number of carbonyl (C=O) groups is 2. The van der Waals surface area contributed by atoms with Crippen molar-refractivity contribution in [2.45, 2.75) is 20.3 Å². The van der Waals surface area contributed by atoms with Crippen molar-refractivity contribution < 1.29 is 19.4 Å². The van der Waals surface area contributed by atoms with Gasteiger partial charge in [0.1, 0.15) is 5.41 Å². The number of rotatable bonds is 6. The van der Waals surface area contributed by atoms with Crippen molar-refractivity contribution in [2.75, 3.05) is 19.0 Å². The largest absolute Gasteiger partial charge is 0.480 e. The fraction of sp³-hybridized carbons (Fsp3) is 0.429. The van der Waals surface area contributed by atoms with Crippen molar-refractivity contribution in [2.24, 2.45) is 5.41 Å². The lowest BCUT2D eigenvalue weighted by atomic mass is 9.92. The molecular formula is C14H19NO4. The highest BCUT2D eigenvalue weighted by atomic mass is 16.5. The highest BCUT2D eigenvalue weighted by molar-refractivity contribution is 6.07. The van der Waals surface area contributed by atoms with Gasteiger partial charge in [0.2, 0.25) is 5.91 Å². The summed E-state index contributed by atoms with van der Waals surface area (Å²) in [4.78, 5) is 23.0. The Labute approximate surface area is 112 Å². The first kappa shape index (κ1) is 15.2. The van der Waals surface area contributed by atoms with E-state index in [1.807, 2.05) is 12.1 Å². The second kappa shape index (κ2) is 6.33. The second-order valence-corrected chi connectivity index (χ2v) is 4.78. The van der Waals surface area contributed by atoms with Crippen molar-refractivity contribution in [1.82, 2.24) is 0 Å². The lowest BCUT2D eigenvalue weighted by Crippen LogP contribution is -2.38. The van der Waals surface area contributed by atoms with E-state index < -0.39 is 17.3 Å². The standard InChI is InChI=1S/C14H19NO4/c1-14(2,13(17)18)12(16)15-11-7-5-4-6-10(11)8-9-19-3/h4-7H,8-9H2,1-3H3,(H,15,16)(H,17,18). The summed E-state index contributed by atoms with van der Waals surface area (Å²) in [6.45, 7) is 3.29. The van der Waals surface area contributed by atoms with Crippen LogP contribution in [-0.2, 0) is 20.7 Å². The van der Waals surface area contributed by atoms with E-state index in [1.54, 1.807) is 19.2 Å². The maximum absolute atomic E-state index is 12.0. The summed E-state index contributed by atoms with van der Waals surface area (Å²) in [5.74, 6) is -1.69. The molecule has 0 unspecified atom stereocenters. The molecule has 0 aromatic heterocycles. The molecule has 5 nitrogen and oxygen atoms in total. The third kappa shape index (κ3) is 3.79. The summed E-state index contributed by atoms with van der Waals surface area (Å²) in [5, 5.41) is 11.7. The number of methoxy groups -OCH3 is 1. The van der Waals surface area contributed by atoms with Gasteiger partial charge in [0.15, 0.2) is 0 Å². The molecule has 2 N–H and O–H groups in total. The number of carboxylic acids is 1. The molecule has 0 atom stereocenters. The van der Waals surface area contributed by atoms with Crippen LogP contribution < -0.4 is 5.32 Å². The molecule has 1 aromatic rings. The Bertz CT molecular complexity index is 468. The van der Waals surface area contributed by atoms with Crippen LogP contribution in [0.2, 0.25) is 0 Å². The van der Waals surface area contributed by atoms with Gasteiger partial charge in [0.25, 0.3) is 0 Å². The summed E-state index contributed by atoms with van der Waals surface area (Å²) in [5.41, 5.74) is 0.0757. The van der Waals surface area contributed by atoms with Gasteiger partial charge in [-0.05, 0) is 31.9 Å². The number of carbonyl (C=O) groups excluding carboxylic acids is 1. The van der Waals surface area contributed by atoms with Crippen LogP contribution in [0.4, 0.5) is 5.69 Å². The number of anilines is 1. The van der Waals surface area contributed by atoms with E-state index in [0.29, 0.717) is 18.7 Å². The minimum Gasteiger partial charge on any atom is -0.480 e. The molecule has 1 aromatic carbocycles. The topological polar surface area (TPSA) is 75.6 Å². The number of benzene rings is 1. The number of nitrogens with one attached hydrogen (secondary N) is 1. The average molecular weight is 265 g/mol. The molecule has 19 heavy (non-hydrogen) atoms. The van der Waals surface area contributed by atoms with E-state index in [2.05, 4.69) is 5.32 Å². The van der Waals surface area contributed by atoms with Gasteiger partial charge < -0.3 is 15.2 Å². The number of hydrogen-bond acceptors (Lipinski definition) is 3. The van der Waals surface area contributed by atoms with E-state index in [-0.39, 0.29) is 0 Å². The smallest absolute Gasteiger partial charge is 0.318 e. The molecule has 0 aliphatic carbocycles. The van der Waals surface area contributed by atoms with Crippen LogP contribution in [0.15, 0.2) is 24.3 Å². The van der Waals surface area contributed by atoms with Crippen molar-refractivity contribution in [3.63, 3.8) is 0 Å². The van der Waals surface area contributed by atoms with E-state index in [4.69, 9.17) is 9.84 Å².